The summed E-state index contributed by atoms with van der Waals surface area (Å²) in [6.45, 7) is 1.91. The van der Waals surface area contributed by atoms with Gasteiger partial charge in [-0.1, -0.05) is 62.9 Å². The summed E-state index contributed by atoms with van der Waals surface area (Å²) in [6, 6.07) is 16.5. The number of carbonyl (C=O) groups excluding carboxylic acids is 3. The van der Waals surface area contributed by atoms with Crippen molar-refractivity contribution < 1.29 is 19.1 Å². The quantitative estimate of drug-likeness (QED) is 0.147. The van der Waals surface area contributed by atoms with Crippen LogP contribution in [0.1, 0.15) is 21.5 Å². The van der Waals surface area contributed by atoms with Crippen molar-refractivity contribution in [3.8, 4) is 5.75 Å². The Morgan fingerprint density at radius 1 is 1.00 bits per heavy atom. The average molecular weight is 549 g/mol. The van der Waals surface area contributed by atoms with E-state index >= 15 is 0 Å². The van der Waals surface area contributed by atoms with Gasteiger partial charge in [-0.15, -0.1) is 0 Å². The van der Waals surface area contributed by atoms with Crippen LogP contribution in [0.5, 0.6) is 5.75 Å². The molecule has 0 atom stereocenters. The van der Waals surface area contributed by atoms with Crippen LogP contribution in [0.2, 0.25) is 10.0 Å². The number of hydrogen-bond donors (Lipinski definition) is 2. The summed E-state index contributed by atoms with van der Waals surface area (Å²) in [5.74, 6) is -2.35. The fourth-order valence-corrected chi connectivity index (χ4v) is 3.28. The summed E-state index contributed by atoms with van der Waals surface area (Å²) >= 11 is 15.2. The van der Waals surface area contributed by atoms with Crippen molar-refractivity contribution in [2.75, 3.05) is 5.32 Å². The van der Waals surface area contributed by atoms with Crippen molar-refractivity contribution in [3.05, 3.63) is 91.9 Å². The van der Waals surface area contributed by atoms with E-state index in [2.05, 4.69) is 31.8 Å². The molecule has 0 unspecified atom stereocenters. The molecule has 33 heavy (non-hydrogen) atoms. The molecule has 3 rings (SSSR count). The summed E-state index contributed by atoms with van der Waals surface area (Å²) in [4.78, 5) is 36.6. The van der Waals surface area contributed by atoms with Gasteiger partial charge in [0.25, 0.3) is 0 Å². The first-order valence-corrected chi connectivity index (χ1v) is 11.0. The van der Waals surface area contributed by atoms with Gasteiger partial charge in [0.05, 0.1) is 27.5 Å². The van der Waals surface area contributed by atoms with Gasteiger partial charge in [-0.05, 0) is 49.4 Å². The molecule has 0 radical (unpaired) electrons. The Morgan fingerprint density at radius 2 is 1.73 bits per heavy atom. The number of benzene rings is 3. The number of aryl methyl sites for hydroxylation is 1. The molecule has 3 aromatic rings. The van der Waals surface area contributed by atoms with Crippen LogP contribution < -0.4 is 15.5 Å². The lowest BCUT2D eigenvalue weighted by Crippen LogP contribution is -2.32. The molecule has 0 spiro atoms. The van der Waals surface area contributed by atoms with Gasteiger partial charge >= 0.3 is 17.8 Å². The second kappa shape index (κ2) is 11.1. The summed E-state index contributed by atoms with van der Waals surface area (Å²) in [5, 5.41) is 6.47. The minimum absolute atomic E-state index is 0.109. The van der Waals surface area contributed by atoms with E-state index in [1.807, 2.05) is 6.92 Å². The van der Waals surface area contributed by atoms with Gasteiger partial charge in [0, 0.05) is 10.0 Å². The van der Waals surface area contributed by atoms with E-state index in [4.69, 9.17) is 27.9 Å². The number of ether oxygens (including phenoxy) is 1. The highest BCUT2D eigenvalue weighted by molar-refractivity contribution is 9.10. The summed E-state index contributed by atoms with van der Waals surface area (Å²) in [7, 11) is 0. The van der Waals surface area contributed by atoms with Gasteiger partial charge in [-0.2, -0.15) is 5.10 Å². The lowest BCUT2D eigenvalue weighted by molar-refractivity contribution is -0.136. The van der Waals surface area contributed by atoms with Crippen molar-refractivity contribution in [2.24, 2.45) is 5.10 Å². The van der Waals surface area contributed by atoms with Gasteiger partial charge in [-0.25, -0.2) is 10.2 Å². The summed E-state index contributed by atoms with van der Waals surface area (Å²) in [6.07, 6.45) is 1.25. The Bertz CT molecular complexity index is 1250. The number of hydrogen-bond acceptors (Lipinski definition) is 5. The molecular weight excluding hydrogens is 533 g/mol. The van der Waals surface area contributed by atoms with Crippen LogP contribution in [0, 0.1) is 6.92 Å². The van der Waals surface area contributed by atoms with Gasteiger partial charge in [0.15, 0.2) is 0 Å². The monoisotopic (exact) mass is 547 g/mol. The van der Waals surface area contributed by atoms with Gasteiger partial charge in [0.2, 0.25) is 0 Å². The van der Waals surface area contributed by atoms with E-state index < -0.39 is 17.8 Å². The van der Waals surface area contributed by atoms with Crippen molar-refractivity contribution in [3.63, 3.8) is 0 Å². The molecule has 0 aliphatic heterocycles. The standard InChI is InChI=1S/C23H16BrCl2N3O4/c1-13-5-7-14(8-6-13)23(32)33-19-10-9-16(24)11-15(19)12-27-29-22(31)21(30)28-18-4-2-3-17(25)20(18)26/h2-12H,1H3,(H,28,30)(H,29,31)/b27-12-. The van der Waals surface area contributed by atoms with Crippen LogP contribution in [0.3, 0.4) is 0 Å². The van der Waals surface area contributed by atoms with Crippen molar-refractivity contribution in [1.82, 2.24) is 5.43 Å². The molecule has 0 aliphatic rings. The first kappa shape index (κ1) is 24.4. The fraction of sp³-hybridized carbons (Fsp3) is 0.0435. The summed E-state index contributed by atoms with van der Waals surface area (Å²) < 4.78 is 6.16. The molecule has 0 bridgehead atoms. The van der Waals surface area contributed by atoms with E-state index in [9.17, 15) is 14.4 Å². The molecule has 10 heteroatoms. The van der Waals surface area contributed by atoms with Crippen molar-refractivity contribution in [2.45, 2.75) is 6.92 Å². The highest BCUT2D eigenvalue weighted by Gasteiger charge is 2.16. The Morgan fingerprint density at radius 3 is 2.45 bits per heavy atom. The Labute approximate surface area is 207 Å². The average Bonchev–Trinajstić information content (AvgIpc) is 2.78. The third kappa shape index (κ3) is 6.64. The van der Waals surface area contributed by atoms with Crippen LogP contribution in [0.4, 0.5) is 5.69 Å². The Hall–Kier alpha value is -3.20. The number of amides is 2. The third-order valence-electron chi connectivity index (χ3n) is 4.24. The SMILES string of the molecule is Cc1ccc(C(=O)Oc2ccc(Br)cc2/C=N\NC(=O)C(=O)Nc2cccc(Cl)c2Cl)cc1. The third-order valence-corrected chi connectivity index (χ3v) is 5.55. The molecule has 0 saturated carbocycles. The highest BCUT2D eigenvalue weighted by atomic mass is 79.9. The zero-order valence-corrected chi connectivity index (χ0v) is 20.2. The molecule has 2 amide bonds. The van der Waals surface area contributed by atoms with E-state index in [1.54, 1.807) is 54.6 Å². The molecule has 0 fully saturated rings. The molecule has 0 saturated heterocycles. The maximum atomic E-state index is 12.4. The van der Waals surface area contributed by atoms with E-state index in [-0.39, 0.29) is 21.5 Å². The van der Waals surface area contributed by atoms with Crippen LogP contribution in [-0.2, 0) is 9.59 Å². The van der Waals surface area contributed by atoms with Crippen LogP contribution >= 0.6 is 39.1 Å². The summed E-state index contributed by atoms with van der Waals surface area (Å²) in [5.41, 5.74) is 4.09. The van der Waals surface area contributed by atoms with Crippen molar-refractivity contribution >= 4 is 68.8 Å². The lowest BCUT2D eigenvalue weighted by Gasteiger charge is -2.09. The molecule has 0 aromatic heterocycles. The van der Waals surface area contributed by atoms with Crippen LogP contribution in [-0.4, -0.2) is 24.0 Å². The number of hydrazone groups is 1. The van der Waals surface area contributed by atoms with Gasteiger partial charge in [-0.3, -0.25) is 9.59 Å². The van der Waals surface area contributed by atoms with Crippen LogP contribution in [0.15, 0.2) is 70.2 Å². The number of rotatable bonds is 5. The zero-order chi connectivity index (χ0) is 24.0. The topological polar surface area (TPSA) is 96.9 Å². The lowest BCUT2D eigenvalue weighted by atomic mass is 10.1. The highest BCUT2D eigenvalue weighted by Crippen LogP contribution is 2.29. The number of esters is 1. The number of carbonyl (C=O) groups is 3. The Balaban J connectivity index is 1.67. The second-order valence-electron chi connectivity index (χ2n) is 6.69. The molecule has 0 aliphatic carbocycles. The minimum Gasteiger partial charge on any atom is -0.422 e. The predicted molar refractivity (Wildman–Crippen MR) is 131 cm³/mol. The van der Waals surface area contributed by atoms with E-state index in [1.165, 1.54) is 12.3 Å². The maximum Gasteiger partial charge on any atom is 0.343 e. The van der Waals surface area contributed by atoms with Crippen molar-refractivity contribution in [1.29, 1.82) is 0 Å². The fourth-order valence-electron chi connectivity index (χ4n) is 2.55. The maximum absolute atomic E-state index is 12.4. The molecule has 0 heterocycles. The largest absolute Gasteiger partial charge is 0.422 e. The van der Waals surface area contributed by atoms with Crippen LogP contribution in [0.25, 0.3) is 0 Å². The number of nitrogens with zero attached hydrogens (tertiary/aromatic N) is 1. The predicted octanol–water partition coefficient (Wildman–Crippen LogP) is 5.37. The van der Waals surface area contributed by atoms with Gasteiger partial charge in [0.1, 0.15) is 5.75 Å². The minimum atomic E-state index is -1.03. The first-order valence-electron chi connectivity index (χ1n) is 9.41. The molecule has 2 N–H and O–H groups in total. The number of nitrogens with one attached hydrogen (secondary N) is 2. The Kier molecular flexibility index (Phi) is 8.21. The number of anilines is 1. The second-order valence-corrected chi connectivity index (χ2v) is 8.39. The smallest absolute Gasteiger partial charge is 0.343 e. The molecule has 3 aromatic carbocycles. The first-order chi connectivity index (χ1) is 15.7. The van der Waals surface area contributed by atoms with E-state index in [0.29, 0.717) is 15.6 Å². The normalized spacial score (nSPS) is 10.7. The molecular formula is C23H16BrCl2N3O4. The number of halogens is 3. The molecule has 7 nitrogen and oxygen atoms in total. The van der Waals surface area contributed by atoms with Gasteiger partial charge < -0.3 is 10.1 Å². The molecule has 168 valence electrons. The zero-order valence-electron chi connectivity index (χ0n) is 17.1. The van der Waals surface area contributed by atoms with E-state index in [0.717, 1.165) is 5.56 Å².